The first-order valence-electron chi connectivity index (χ1n) is 8.07. The quantitative estimate of drug-likeness (QED) is 0.473. The molecule has 26 heavy (non-hydrogen) atoms. The van der Waals surface area contributed by atoms with Crippen molar-refractivity contribution < 1.29 is 19.1 Å². The second-order valence-electron chi connectivity index (χ2n) is 5.25. The molecule has 0 aromatic heterocycles. The Morgan fingerprint density at radius 2 is 1.73 bits per heavy atom. The standard InChI is InChI=1S/C19H21N3O4/c1-4-26-17-8-6-5-7-16(17)20-18(23)19(24)22-21-13(2)14-9-11-15(25-3)12-10-14/h5-12H,4H2,1-3H3,(H,20,23)(H,22,24). The Labute approximate surface area is 152 Å². The van der Waals surface area contributed by atoms with E-state index >= 15 is 0 Å². The van der Waals surface area contributed by atoms with Gasteiger partial charge >= 0.3 is 11.8 Å². The van der Waals surface area contributed by atoms with Gasteiger partial charge in [0.15, 0.2) is 0 Å². The predicted molar refractivity (Wildman–Crippen MR) is 99.6 cm³/mol. The molecule has 2 amide bonds. The van der Waals surface area contributed by atoms with Gasteiger partial charge in [0.25, 0.3) is 0 Å². The molecule has 0 fully saturated rings. The van der Waals surface area contributed by atoms with Crippen LogP contribution in [0.4, 0.5) is 5.69 Å². The van der Waals surface area contributed by atoms with Gasteiger partial charge in [-0.05, 0) is 55.8 Å². The Hall–Kier alpha value is -3.35. The van der Waals surface area contributed by atoms with Gasteiger partial charge in [-0.25, -0.2) is 5.43 Å². The molecule has 0 aliphatic carbocycles. The van der Waals surface area contributed by atoms with E-state index in [1.807, 2.05) is 19.1 Å². The van der Waals surface area contributed by atoms with Gasteiger partial charge in [-0.2, -0.15) is 5.10 Å². The number of para-hydroxylation sites is 2. The van der Waals surface area contributed by atoms with Crippen LogP contribution in [0.15, 0.2) is 53.6 Å². The third kappa shape index (κ3) is 5.07. The molecular weight excluding hydrogens is 334 g/mol. The largest absolute Gasteiger partial charge is 0.497 e. The SMILES string of the molecule is CCOc1ccccc1NC(=O)C(=O)NN=C(C)c1ccc(OC)cc1. The van der Waals surface area contributed by atoms with Crippen molar-refractivity contribution in [2.75, 3.05) is 19.0 Å². The number of ether oxygens (including phenoxy) is 2. The van der Waals surface area contributed by atoms with E-state index in [0.717, 1.165) is 11.3 Å². The van der Waals surface area contributed by atoms with Gasteiger partial charge in [0.1, 0.15) is 11.5 Å². The lowest BCUT2D eigenvalue weighted by Gasteiger charge is -2.10. The van der Waals surface area contributed by atoms with Crippen molar-refractivity contribution in [1.29, 1.82) is 0 Å². The van der Waals surface area contributed by atoms with Crippen LogP contribution in [0.3, 0.4) is 0 Å². The highest BCUT2D eigenvalue weighted by Gasteiger charge is 2.15. The minimum Gasteiger partial charge on any atom is -0.497 e. The number of nitrogens with one attached hydrogen (secondary N) is 2. The summed E-state index contributed by atoms with van der Waals surface area (Å²) < 4.78 is 10.5. The molecule has 0 saturated carbocycles. The number of amides is 2. The molecule has 0 heterocycles. The maximum absolute atomic E-state index is 12.0. The molecule has 0 unspecified atom stereocenters. The average molecular weight is 355 g/mol. The lowest BCUT2D eigenvalue weighted by molar-refractivity contribution is -0.136. The normalized spacial score (nSPS) is 10.8. The van der Waals surface area contributed by atoms with Crippen molar-refractivity contribution in [3.05, 3.63) is 54.1 Å². The van der Waals surface area contributed by atoms with Crippen LogP contribution < -0.4 is 20.2 Å². The van der Waals surface area contributed by atoms with Gasteiger partial charge < -0.3 is 14.8 Å². The van der Waals surface area contributed by atoms with Crippen LogP contribution in [0.1, 0.15) is 19.4 Å². The summed E-state index contributed by atoms with van der Waals surface area (Å²) in [7, 11) is 1.58. The fraction of sp³-hybridized carbons (Fsp3) is 0.211. The number of methoxy groups -OCH3 is 1. The third-order valence-electron chi connectivity index (χ3n) is 3.47. The molecule has 0 aliphatic heterocycles. The summed E-state index contributed by atoms with van der Waals surface area (Å²) in [4.78, 5) is 24.0. The average Bonchev–Trinajstić information content (AvgIpc) is 2.67. The number of hydrogen-bond acceptors (Lipinski definition) is 5. The first-order chi connectivity index (χ1) is 12.5. The smallest absolute Gasteiger partial charge is 0.329 e. The highest BCUT2D eigenvalue weighted by atomic mass is 16.5. The van der Waals surface area contributed by atoms with E-state index in [0.29, 0.717) is 23.8 Å². The van der Waals surface area contributed by atoms with Crippen molar-refractivity contribution in [1.82, 2.24) is 5.43 Å². The van der Waals surface area contributed by atoms with E-state index in [9.17, 15) is 9.59 Å². The van der Waals surface area contributed by atoms with E-state index in [2.05, 4.69) is 15.8 Å². The van der Waals surface area contributed by atoms with Crippen LogP contribution in [0.5, 0.6) is 11.5 Å². The van der Waals surface area contributed by atoms with E-state index < -0.39 is 11.8 Å². The number of hydrazone groups is 1. The Morgan fingerprint density at radius 3 is 2.38 bits per heavy atom. The molecule has 0 atom stereocenters. The molecule has 0 radical (unpaired) electrons. The first kappa shape index (κ1) is 19.0. The van der Waals surface area contributed by atoms with Gasteiger partial charge in [0.05, 0.1) is 25.1 Å². The molecular formula is C19H21N3O4. The van der Waals surface area contributed by atoms with Gasteiger partial charge in [-0.15, -0.1) is 0 Å². The zero-order chi connectivity index (χ0) is 18.9. The Balaban J connectivity index is 1.99. The highest BCUT2D eigenvalue weighted by molar-refractivity contribution is 6.39. The zero-order valence-corrected chi connectivity index (χ0v) is 14.9. The number of rotatable bonds is 6. The topological polar surface area (TPSA) is 89.0 Å². The number of carbonyl (C=O) groups excluding carboxylic acids is 2. The van der Waals surface area contributed by atoms with Crippen molar-refractivity contribution in [3.8, 4) is 11.5 Å². The number of carbonyl (C=O) groups is 2. The monoisotopic (exact) mass is 355 g/mol. The van der Waals surface area contributed by atoms with Crippen LogP contribution >= 0.6 is 0 Å². The summed E-state index contributed by atoms with van der Waals surface area (Å²) >= 11 is 0. The summed E-state index contributed by atoms with van der Waals surface area (Å²) in [5.41, 5.74) is 4.03. The summed E-state index contributed by atoms with van der Waals surface area (Å²) in [5, 5.41) is 6.47. The summed E-state index contributed by atoms with van der Waals surface area (Å²) in [6.45, 7) is 4.01. The fourth-order valence-corrected chi connectivity index (χ4v) is 2.11. The molecule has 7 nitrogen and oxygen atoms in total. The third-order valence-corrected chi connectivity index (χ3v) is 3.47. The minimum atomic E-state index is -0.871. The molecule has 136 valence electrons. The van der Waals surface area contributed by atoms with Crippen molar-refractivity contribution in [3.63, 3.8) is 0 Å². The predicted octanol–water partition coefficient (Wildman–Crippen LogP) is 2.57. The lowest BCUT2D eigenvalue weighted by atomic mass is 10.1. The van der Waals surface area contributed by atoms with E-state index in [-0.39, 0.29) is 0 Å². The maximum Gasteiger partial charge on any atom is 0.329 e. The van der Waals surface area contributed by atoms with Crippen LogP contribution in [-0.4, -0.2) is 31.2 Å². The van der Waals surface area contributed by atoms with Crippen molar-refractivity contribution >= 4 is 23.2 Å². The van der Waals surface area contributed by atoms with Crippen LogP contribution in [0.2, 0.25) is 0 Å². The molecule has 2 aromatic rings. The molecule has 2 N–H and O–H groups in total. The lowest BCUT2D eigenvalue weighted by Crippen LogP contribution is -2.33. The zero-order valence-electron chi connectivity index (χ0n) is 14.9. The Bertz CT molecular complexity index is 801. The van der Waals surface area contributed by atoms with E-state index in [1.54, 1.807) is 50.4 Å². The van der Waals surface area contributed by atoms with Gasteiger partial charge in [-0.1, -0.05) is 12.1 Å². The van der Waals surface area contributed by atoms with Crippen LogP contribution in [-0.2, 0) is 9.59 Å². The summed E-state index contributed by atoms with van der Waals surface area (Å²) in [6, 6.07) is 14.1. The maximum atomic E-state index is 12.0. The Morgan fingerprint density at radius 1 is 1.04 bits per heavy atom. The second kappa shape index (κ2) is 9.22. The van der Waals surface area contributed by atoms with Gasteiger partial charge in [0, 0.05) is 0 Å². The van der Waals surface area contributed by atoms with Crippen molar-refractivity contribution in [2.24, 2.45) is 5.10 Å². The second-order valence-corrected chi connectivity index (χ2v) is 5.25. The summed E-state index contributed by atoms with van der Waals surface area (Å²) in [6.07, 6.45) is 0. The molecule has 0 aliphatic rings. The molecule has 7 heteroatoms. The van der Waals surface area contributed by atoms with E-state index in [1.165, 1.54) is 0 Å². The number of benzene rings is 2. The first-order valence-corrected chi connectivity index (χ1v) is 8.07. The molecule has 2 rings (SSSR count). The van der Waals surface area contributed by atoms with Crippen LogP contribution in [0, 0.1) is 0 Å². The fourth-order valence-electron chi connectivity index (χ4n) is 2.11. The summed E-state index contributed by atoms with van der Waals surface area (Å²) in [5.74, 6) is -0.486. The minimum absolute atomic E-state index is 0.422. The van der Waals surface area contributed by atoms with Gasteiger partial charge in [-0.3, -0.25) is 9.59 Å². The molecule has 0 bridgehead atoms. The number of nitrogens with zero attached hydrogens (tertiary/aromatic N) is 1. The van der Waals surface area contributed by atoms with Crippen LogP contribution in [0.25, 0.3) is 0 Å². The number of hydrogen-bond donors (Lipinski definition) is 2. The highest BCUT2D eigenvalue weighted by Crippen LogP contribution is 2.23. The van der Waals surface area contributed by atoms with E-state index in [4.69, 9.17) is 9.47 Å². The molecule has 0 saturated heterocycles. The molecule has 0 spiro atoms. The van der Waals surface area contributed by atoms with Crippen molar-refractivity contribution in [2.45, 2.75) is 13.8 Å². The number of anilines is 1. The Kier molecular flexibility index (Phi) is 6.73. The van der Waals surface area contributed by atoms with Gasteiger partial charge in [0.2, 0.25) is 0 Å². The molecule has 2 aromatic carbocycles.